The molecule has 9 nitrogen and oxygen atoms in total. The molecular weight excluding hydrogens is 290 g/mol. The number of amides is 1. The lowest BCUT2D eigenvalue weighted by molar-refractivity contribution is -0.139. The van der Waals surface area contributed by atoms with Crippen molar-refractivity contribution in [3.63, 3.8) is 0 Å². The lowest BCUT2D eigenvalue weighted by Crippen LogP contribution is -2.40. The van der Waals surface area contributed by atoms with E-state index in [1.807, 2.05) is 0 Å². The van der Waals surface area contributed by atoms with Crippen LogP contribution in [0.25, 0.3) is 0 Å². The molecule has 0 unspecified atom stereocenters. The van der Waals surface area contributed by atoms with Gasteiger partial charge in [-0.25, -0.2) is 9.79 Å². The number of hydroxylamine groups is 1. The fourth-order valence-electron chi connectivity index (χ4n) is 1.76. The number of nitrogens with two attached hydrogens (primary N) is 1. The number of carbonyl (C=O) groups is 2. The molecule has 1 amide bonds. The molecule has 0 bridgehead atoms. The Balaban J connectivity index is 2.81. The smallest absolute Gasteiger partial charge is 0.326 e. The van der Waals surface area contributed by atoms with Gasteiger partial charge in [0.25, 0.3) is 5.91 Å². The number of carboxylic acid groups (broad SMARTS) is 1. The molecule has 120 valence electrons. The summed E-state index contributed by atoms with van der Waals surface area (Å²) >= 11 is 0. The van der Waals surface area contributed by atoms with Crippen LogP contribution in [0.1, 0.15) is 29.6 Å². The van der Waals surface area contributed by atoms with Crippen molar-refractivity contribution >= 4 is 23.9 Å². The second-order valence-electron chi connectivity index (χ2n) is 4.43. The van der Waals surface area contributed by atoms with Crippen LogP contribution in [0.2, 0.25) is 0 Å². The predicted molar refractivity (Wildman–Crippen MR) is 79.1 cm³/mol. The van der Waals surface area contributed by atoms with E-state index in [1.165, 1.54) is 18.5 Å². The summed E-state index contributed by atoms with van der Waals surface area (Å²) in [4.78, 5) is 31.0. The number of hydrogen-bond donors (Lipinski definition) is 5. The summed E-state index contributed by atoms with van der Waals surface area (Å²) in [5.41, 5.74) is 7.45. The van der Waals surface area contributed by atoms with Crippen LogP contribution in [-0.4, -0.2) is 46.1 Å². The Morgan fingerprint density at radius 2 is 2.23 bits per heavy atom. The van der Waals surface area contributed by atoms with E-state index in [1.54, 1.807) is 5.48 Å². The quantitative estimate of drug-likeness (QED) is 0.187. The van der Waals surface area contributed by atoms with Gasteiger partial charge in [-0.2, -0.15) is 0 Å². The summed E-state index contributed by atoms with van der Waals surface area (Å²) in [6.45, 7) is 0.468. The monoisotopic (exact) mass is 309 g/mol. The Bertz CT molecular complexity index is 535. The van der Waals surface area contributed by atoms with Gasteiger partial charge in [-0.15, -0.1) is 0 Å². The van der Waals surface area contributed by atoms with Crippen molar-refractivity contribution < 1.29 is 19.9 Å². The van der Waals surface area contributed by atoms with Gasteiger partial charge in [-0.05, 0) is 31.9 Å². The van der Waals surface area contributed by atoms with Crippen LogP contribution in [0.4, 0.5) is 5.69 Å². The third kappa shape index (κ3) is 5.46. The molecule has 0 fully saturated rings. The minimum absolute atomic E-state index is 0.110. The van der Waals surface area contributed by atoms with Crippen LogP contribution in [0.15, 0.2) is 23.5 Å². The molecule has 0 spiro atoms. The van der Waals surface area contributed by atoms with Crippen molar-refractivity contribution in [3.8, 4) is 0 Å². The molecule has 6 N–H and O–H groups in total. The van der Waals surface area contributed by atoms with Crippen molar-refractivity contribution in [3.05, 3.63) is 24.0 Å². The number of aromatic nitrogens is 1. The maximum absolute atomic E-state index is 12.2. The average Bonchev–Trinajstić information content (AvgIpc) is 2.52. The second-order valence-corrected chi connectivity index (χ2v) is 4.43. The molecule has 0 aliphatic heterocycles. The van der Waals surface area contributed by atoms with Crippen molar-refractivity contribution in [2.45, 2.75) is 25.3 Å². The Labute approximate surface area is 127 Å². The first-order chi connectivity index (χ1) is 10.6. The van der Waals surface area contributed by atoms with E-state index in [4.69, 9.17) is 16.0 Å². The lowest BCUT2D eigenvalue weighted by Gasteiger charge is -2.14. The normalized spacial score (nSPS) is 12.1. The summed E-state index contributed by atoms with van der Waals surface area (Å²) in [5, 5.41) is 20.1. The molecule has 1 aromatic rings. The number of nitrogens with one attached hydrogen (secondary N) is 2. The van der Waals surface area contributed by atoms with Crippen LogP contribution >= 0.6 is 0 Å². The number of carboxylic acids is 1. The zero-order valence-electron chi connectivity index (χ0n) is 11.9. The highest BCUT2D eigenvalue weighted by molar-refractivity contribution is 6.00. The van der Waals surface area contributed by atoms with E-state index in [0.717, 1.165) is 6.34 Å². The van der Waals surface area contributed by atoms with E-state index >= 15 is 0 Å². The fraction of sp³-hybridized carbons (Fsp3) is 0.385. The van der Waals surface area contributed by atoms with Crippen molar-refractivity contribution in [1.29, 1.82) is 0 Å². The van der Waals surface area contributed by atoms with Gasteiger partial charge in [0.05, 0.1) is 11.3 Å². The van der Waals surface area contributed by atoms with E-state index < -0.39 is 17.9 Å². The molecule has 0 aliphatic carbocycles. The molecule has 0 aliphatic rings. The van der Waals surface area contributed by atoms with Gasteiger partial charge in [0, 0.05) is 12.4 Å². The van der Waals surface area contributed by atoms with E-state index in [-0.39, 0.29) is 17.7 Å². The lowest BCUT2D eigenvalue weighted by atomic mass is 10.1. The van der Waals surface area contributed by atoms with Crippen molar-refractivity contribution in [1.82, 2.24) is 15.8 Å². The third-order valence-electron chi connectivity index (χ3n) is 2.85. The Kier molecular flexibility index (Phi) is 7.51. The Hall–Kier alpha value is -2.52. The first-order valence-electron chi connectivity index (χ1n) is 6.70. The molecule has 1 atom stereocenters. The predicted octanol–water partition coefficient (Wildman–Crippen LogP) is 0.0322. The zero-order chi connectivity index (χ0) is 16.4. The standard InChI is InChI=1S/C13H19N5O4/c14-5-2-1-3-11(13(20)21)18-12(19)9-7-15-6-4-10(9)16-8-17-22/h4,6-8,11,22H,1-3,5,14H2,(H,18,19)(H,20,21)(H,15,16,17)/t11-/m0/s1. The van der Waals surface area contributed by atoms with E-state index in [0.29, 0.717) is 19.4 Å². The molecule has 0 saturated heterocycles. The summed E-state index contributed by atoms with van der Waals surface area (Å²) in [6.07, 6.45) is 5.26. The van der Waals surface area contributed by atoms with Gasteiger partial charge in [0.2, 0.25) is 0 Å². The Morgan fingerprint density at radius 1 is 1.45 bits per heavy atom. The molecule has 22 heavy (non-hydrogen) atoms. The number of rotatable bonds is 9. The number of hydrogen-bond acceptors (Lipinski definition) is 6. The average molecular weight is 309 g/mol. The first-order valence-corrected chi connectivity index (χ1v) is 6.70. The fourth-order valence-corrected chi connectivity index (χ4v) is 1.76. The highest BCUT2D eigenvalue weighted by atomic mass is 16.5. The minimum Gasteiger partial charge on any atom is -0.480 e. The molecule has 0 saturated carbocycles. The molecule has 1 aromatic heterocycles. The van der Waals surface area contributed by atoms with Crippen LogP contribution in [0.5, 0.6) is 0 Å². The summed E-state index contributed by atoms with van der Waals surface area (Å²) in [7, 11) is 0. The number of aliphatic carboxylic acids is 1. The topological polar surface area (TPSA) is 150 Å². The molecular formula is C13H19N5O4. The number of nitrogens with zero attached hydrogens (tertiary/aromatic N) is 2. The van der Waals surface area contributed by atoms with Gasteiger partial charge in [0.15, 0.2) is 0 Å². The minimum atomic E-state index is -1.11. The maximum Gasteiger partial charge on any atom is 0.326 e. The van der Waals surface area contributed by atoms with E-state index in [9.17, 15) is 9.59 Å². The molecule has 1 rings (SSSR count). The SMILES string of the molecule is NCCCC[C@H](NC(=O)c1cnccc1N=CNO)C(=O)O. The number of pyridine rings is 1. The molecule has 1 heterocycles. The summed E-state index contributed by atoms with van der Waals surface area (Å²) in [5.74, 6) is -1.71. The largest absolute Gasteiger partial charge is 0.480 e. The molecule has 9 heteroatoms. The van der Waals surface area contributed by atoms with Crippen LogP contribution < -0.4 is 16.5 Å². The van der Waals surface area contributed by atoms with Gasteiger partial charge in [-0.1, -0.05) is 0 Å². The highest BCUT2D eigenvalue weighted by Gasteiger charge is 2.21. The second kappa shape index (κ2) is 9.42. The molecule has 0 radical (unpaired) electrons. The number of aliphatic imine (C=N–C) groups is 1. The summed E-state index contributed by atoms with van der Waals surface area (Å²) in [6, 6.07) is 0.458. The maximum atomic E-state index is 12.2. The highest BCUT2D eigenvalue weighted by Crippen LogP contribution is 2.17. The zero-order valence-corrected chi connectivity index (χ0v) is 11.9. The molecule has 0 aromatic carbocycles. The van der Waals surface area contributed by atoms with Gasteiger partial charge in [0.1, 0.15) is 12.4 Å². The van der Waals surface area contributed by atoms with Crippen molar-refractivity contribution in [2.24, 2.45) is 10.7 Å². The first kappa shape index (κ1) is 17.5. The Morgan fingerprint density at radius 3 is 2.86 bits per heavy atom. The van der Waals surface area contributed by atoms with Gasteiger partial charge < -0.3 is 16.2 Å². The van der Waals surface area contributed by atoms with Crippen LogP contribution in [0.3, 0.4) is 0 Å². The summed E-state index contributed by atoms with van der Waals surface area (Å²) < 4.78 is 0. The van der Waals surface area contributed by atoms with E-state index in [2.05, 4.69) is 15.3 Å². The third-order valence-corrected chi connectivity index (χ3v) is 2.85. The van der Waals surface area contributed by atoms with Crippen molar-refractivity contribution in [2.75, 3.05) is 6.54 Å². The van der Waals surface area contributed by atoms with Crippen LogP contribution in [0, 0.1) is 0 Å². The number of carbonyl (C=O) groups excluding carboxylic acids is 1. The van der Waals surface area contributed by atoms with Gasteiger partial charge >= 0.3 is 5.97 Å². The number of unbranched alkanes of at least 4 members (excludes halogenated alkanes) is 1. The van der Waals surface area contributed by atoms with Gasteiger partial charge in [-0.3, -0.25) is 20.5 Å². The van der Waals surface area contributed by atoms with Crippen LogP contribution in [-0.2, 0) is 4.79 Å².